The van der Waals surface area contributed by atoms with E-state index in [1.807, 2.05) is 12.1 Å². The molecule has 2 aromatic carbocycles. The Bertz CT molecular complexity index is 1040. The van der Waals surface area contributed by atoms with Crippen molar-refractivity contribution < 1.29 is 33.5 Å². The standard InChI is InChI=1S/C33H50N2O7/c1-4-7-27(36)24-42-32-22-34-21-31(33(32)26-9-11-28(12-10-26)39-18-6-17-38-3)41-23-25-8-13-30-29(20-25)35(15-19-40-30)14-5-16-37-2/h8-13,20,27,31-34,36H,4-7,14-19,21-24H2,1-3H3/t27-,31+,32-,33-/m1/s1. The second-order valence-corrected chi connectivity index (χ2v) is 11.1. The summed E-state index contributed by atoms with van der Waals surface area (Å²) in [7, 11) is 3.44. The van der Waals surface area contributed by atoms with Gasteiger partial charge in [-0.3, -0.25) is 0 Å². The summed E-state index contributed by atoms with van der Waals surface area (Å²) in [5.74, 6) is 1.76. The van der Waals surface area contributed by atoms with E-state index >= 15 is 0 Å². The fourth-order valence-corrected chi connectivity index (χ4v) is 5.69. The van der Waals surface area contributed by atoms with E-state index in [4.69, 9.17) is 28.4 Å². The van der Waals surface area contributed by atoms with Crippen LogP contribution in [-0.4, -0.2) is 96.9 Å². The zero-order chi connectivity index (χ0) is 29.6. The molecule has 0 radical (unpaired) electrons. The van der Waals surface area contributed by atoms with Gasteiger partial charge in [0, 0.05) is 59.4 Å². The number of anilines is 1. The molecule has 2 aliphatic heterocycles. The lowest BCUT2D eigenvalue weighted by molar-refractivity contribution is -0.0783. The lowest BCUT2D eigenvalue weighted by Gasteiger charge is -2.39. The van der Waals surface area contributed by atoms with Crippen molar-refractivity contribution >= 4 is 5.69 Å². The molecule has 42 heavy (non-hydrogen) atoms. The zero-order valence-electron chi connectivity index (χ0n) is 25.6. The van der Waals surface area contributed by atoms with Gasteiger partial charge in [-0.25, -0.2) is 0 Å². The molecule has 2 aliphatic rings. The van der Waals surface area contributed by atoms with Crippen molar-refractivity contribution in [2.24, 2.45) is 0 Å². The van der Waals surface area contributed by atoms with E-state index in [1.54, 1.807) is 14.2 Å². The highest BCUT2D eigenvalue weighted by atomic mass is 16.5. The highest BCUT2D eigenvalue weighted by Crippen LogP contribution is 2.35. The lowest BCUT2D eigenvalue weighted by atomic mass is 9.85. The topological polar surface area (TPSA) is 90.9 Å². The van der Waals surface area contributed by atoms with Crippen molar-refractivity contribution in [2.45, 2.75) is 63.4 Å². The van der Waals surface area contributed by atoms with Gasteiger partial charge in [0.05, 0.1) is 50.4 Å². The van der Waals surface area contributed by atoms with Crippen molar-refractivity contribution in [3.05, 3.63) is 53.6 Å². The largest absolute Gasteiger partial charge is 0.494 e. The van der Waals surface area contributed by atoms with Gasteiger partial charge in [0.25, 0.3) is 0 Å². The Morgan fingerprint density at radius 1 is 0.976 bits per heavy atom. The average Bonchev–Trinajstić information content (AvgIpc) is 3.02. The van der Waals surface area contributed by atoms with Crippen LogP contribution in [0.1, 0.15) is 49.7 Å². The van der Waals surface area contributed by atoms with Crippen LogP contribution in [0.5, 0.6) is 11.5 Å². The minimum absolute atomic E-state index is 0.00845. The smallest absolute Gasteiger partial charge is 0.142 e. The number of benzene rings is 2. The first kappa shape index (κ1) is 32.5. The van der Waals surface area contributed by atoms with Gasteiger partial charge in [0.2, 0.25) is 0 Å². The summed E-state index contributed by atoms with van der Waals surface area (Å²) in [5.41, 5.74) is 3.36. The van der Waals surface area contributed by atoms with E-state index in [-0.39, 0.29) is 18.1 Å². The van der Waals surface area contributed by atoms with Gasteiger partial charge in [0.15, 0.2) is 0 Å². The molecule has 1 saturated heterocycles. The molecular formula is C33H50N2O7. The normalized spacial score (nSPS) is 21.0. The first-order valence-corrected chi connectivity index (χ1v) is 15.5. The van der Waals surface area contributed by atoms with Gasteiger partial charge >= 0.3 is 0 Å². The number of piperidine rings is 1. The van der Waals surface area contributed by atoms with Gasteiger partial charge < -0.3 is 43.7 Å². The summed E-state index contributed by atoms with van der Waals surface area (Å²) in [5, 5.41) is 13.9. The van der Waals surface area contributed by atoms with E-state index in [9.17, 15) is 5.11 Å². The van der Waals surface area contributed by atoms with Gasteiger partial charge in [-0.1, -0.05) is 31.5 Å². The summed E-state index contributed by atoms with van der Waals surface area (Å²) >= 11 is 0. The van der Waals surface area contributed by atoms with E-state index in [0.717, 1.165) is 73.7 Å². The molecule has 4 atom stereocenters. The maximum atomic E-state index is 10.4. The van der Waals surface area contributed by atoms with Crippen LogP contribution >= 0.6 is 0 Å². The minimum Gasteiger partial charge on any atom is -0.494 e. The van der Waals surface area contributed by atoms with Crippen LogP contribution in [0.4, 0.5) is 5.69 Å². The van der Waals surface area contributed by atoms with Crippen LogP contribution in [0, 0.1) is 0 Å². The summed E-state index contributed by atoms with van der Waals surface area (Å²) in [4.78, 5) is 2.37. The zero-order valence-corrected chi connectivity index (χ0v) is 25.6. The molecule has 4 rings (SSSR count). The van der Waals surface area contributed by atoms with Crippen molar-refractivity contribution in [3.8, 4) is 11.5 Å². The van der Waals surface area contributed by atoms with E-state index in [1.165, 1.54) is 0 Å². The SMILES string of the molecule is CCC[C@@H](O)CO[C@@H]1CNC[C@H](OCc2ccc3c(c2)N(CCCOC)CCO3)[C@H]1c1ccc(OCCCOC)cc1. The third-order valence-corrected chi connectivity index (χ3v) is 7.87. The second-order valence-electron chi connectivity index (χ2n) is 11.1. The maximum absolute atomic E-state index is 10.4. The van der Waals surface area contributed by atoms with Crippen molar-refractivity contribution in [2.75, 3.05) is 78.3 Å². The number of methoxy groups -OCH3 is 2. The summed E-state index contributed by atoms with van der Waals surface area (Å²) in [6, 6.07) is 14.6. The second kappa shape index (κ2) is 17.7. The van der Waals surface area contributed by atoms with Crippen molar-refractivity contribution in [3.63, 3.8) is 0 Å². The molecule has 1 fully saturated rings. The molecule has 0 aromatic heterocycles. The summed E-state index contributed by atoms with van der Waals surface area (Å²) < 4.78 is 35.2. The number of ether oxygens (including phenoxy) is 6. The van der Waals surface area contributed by atoms with Crippen LogP contribution in [0.2, 0.25) is 0 Å². The monoisotopic (exact) mass is 586 g/mol. The van der Waals surface area contributed by atoms with Crippen LogP contribution < -0.4 is 19.7 Å². The number of nitrogens with zero attached hydrogens (tertiary/aromatic N) is 1. The average molecular weight is 587 g/mol. The molecule has 0 saturated carbocycles. The van der Waals surface area contributed by atoms with Gasteiger partial charge in [-0.2, -0.15) is 0 Å². The number of rotatable bonds is 18. The molecule has 2 aromatic rings. The predicted octanol–water partition coefficient (Wildman–Crippen LogP) is 4.16. The molecule has 9 nitrogen and oxygen atoms in total. The van der Waals surface area contributed by atoms with E-state index in [2.05, 4.69) is 47.5 Å². The molecule has 0 spiro atoms. The fraction of sp³-hybridized carbons (Fsp3) is 0.636. The first-order chi connectivity index (χ1) is 20.6. The maximum Gasteiger partial charge on any atom is 0.142 e. The van der Waals surface area contributed by atoms with Crippen LogP contribution in [0.3, 0.4) is 0 Å². The van der Waals surface area contributed by atoms with Gasteiger partial charge in [-0.15, -0.1) is 0 Å². The van der Waals surface area contributed by atoms with Crippen LogP contribution in [0.25, 0.3) is 0 Å². The Labute approximate surface area is 251 Å². The number of hydrogen-bond acceptors (Lipinski definition) is 9. The lowest BCUT2D eigenvalue weighted by Crippen LogP contribution is -2.51. The predicted molar refractivity (Wildman–Crippen MR) is 164 cm³/mol. The van der Waals surface area contributed by atoms with Gasteiger partial charge in [0.1, 0.15) is 18.1 Å². The Kier molecular flexibility index (Phi) is 13.7. The van der Waals surface area contributed by atoms with E-state index in [0.29, 0.717) is 46.1 Å². The van der Waals surface area contributed by atoms with Crippen LogP contribution in [-0.2, 0) is 25.6 Å². The molecule has 0 unspecified atom stereocenters. The third kappa shape index (κ3) is 9.56. The van der Waals surface area contributed by atoms with E-state index < -0.39 is 6.10 Å². The number of aliphatic hydroxyl groups excluding tert-OH is 1. The molecule has 9 heteroatoms. The third-order valence-electron chi connectivity index (χ3n) is 7.87. The minimum atomic E-state index is -0.468. The number of hydrogen-bond donors (Lipinski definition) is 2. The number of fused-ring (bicyclic) bond motifs is 1. The number of nitrogens with one attached hydrogen (secondary N) is 1. The molecule has 0 amide bonds. The Morgan fingerprint density at radius 2 is 1.74 bits per heavy atom. The van der Waals surface area contributed by atoms with Crippen molar-refractivity contribution in [1.29, 1.82) is 0 Å². The van der Waals surface area contributed by atoms with Crippen LogP contribution in [0.15, 0.2) is 42.5 Å². The van der Waals surface area contributed by atoms with Crippen molar-refractivity contribution in [1.82, 2.24) is 5.32 Å². The molecule has 0 aliphatic carbocycles. The highest BCUT2D eigenvalue weighted by Gasteiger charge is 2.36. The molecule has 0 bridgehead atoms. The molecular weight excluding hydrogens is 536 g/mol. The fourth-order valence-electron chi connectivity index (χ4n) is 5.69. The Morgan fingerprint density at radius 3 is 2.50 bits per heavy atom. The van der Waals surface area contributed by atoms with Gasteiger partial charge in [-0.05, 0) is 48.2 Å². The molecule has 2 heterocycles. The highest BCUT2D eigenvalue weighted by molar-refractivity contribution is 5.61. The Hall–Kier alpha value is -2.40. The molecule has 234 valence electrons. The Balaban J connectivity index is 1.46. The summed E-state index contributed by atoms with van der Waals surface area (Å²) in [6.07, 6.45) is 2.76. The summed E-state index contributed by atoms with van der Waals surface area (Å²) in [6.45, 7) is 8.80. The first-order valence-electron chi connectivity index (χ1n) is 15.5. The number of aliphatic hydroxyl groups is 1. The molecule has 2 N–H and O–H groups in total. The quantitative estimate of drug-likeness (QED) is 0.250.